The van der Waals surface area contributed by atoms with Crippen LogP contribution >= 0.6 is 0 Å². The molecule has 1 aromatic carbocycles. The molecule has 1 unspecified atom stereocenters. The number of rotatable bonds is 4. The number of alkyl halides is 6. The molecule has 0 aromatic heterocycles. The van der Waals surface area contributed by atoms with Crippen LogP contribution in [0, 0.1) is 0 Å². The second-order valence-corrected chi connectivity index (χ2v) is 6.86. The number of benzene rings is 1. The normalized spacial score (nSPS) is 21.3. The van der Waals surface area contributed by atoms with Crippen molar-refractivity contribution in [1.82, 2.24) is 4.90 Å². The van der Waals surface area contributed by atoms with Gasteiger partial charge in [0.05, 0.1) is 17.2 Å². The molecule has 0 aliphatic carbocycles. The number of likely N-dealkylation sites (tertiary alicyclic amines) is 1. The number of nitrogens with zero attached hydrogens (tertiary/aromatic N) is 1. The van der Waals surface area contributed by atoms with Gasteiger partial charge in [-0.05, 0) is 43.1 Å². The van der Waals surface area contributed by atoms with Crippen molar-refractivity contribution in [2.24, 2.45) is 0 Å². The lowest BCUT2D eigenvalue weighted by molar-refractivity contribution is -0.142. The highest BCUT2D eigenvalue weighted by molar-refractivity contribution is 7.79. The maximum Gasteiger partial charge on any atom is 0.416 e. The largest absolute Gasteiger partial charge is 0.416 e. The summed E-state index contributed by atoms with van der Waals surface area (Å²) in [6, 6.07) is 1.46. The van der Waals surface area contributed by atoms with Crippen LogP contribution in [-0.4, -0.2) is 34.6 Å². The van der Waals surface area contributed by atoms with Gasteiger partial charge < -0.3 is 0 Å². The average Bonchev–Trinajstić information content (AvgIpc) is 2.44. The molecule has 0 radical (unpaired) electrons. The third kappa shape index (κ3) is 5.68. The Labute approximate surface area is 143 Å². The molecule has 2 rings (SSSR count). The summed E-state index contributed by atoms with van der Waals surface area (Å²) in [5, 5.41) is 0. The first-order valence-corrected chi connectivity index (χ1v) is 8.95. The number of hydrogen-bond acceptors (Lipinski definition) is 3. The minimum atomic E-state index is -4.74. The van der Waals surface area contributed by atoms with Crippen LogP contribution in [-0.2, 0) is 34.2 Å². The van der Waals surface area contributed by atoms with Gasteiger partial charge in [-0.25, -0.2) is 4.21 Å². The third-order valence-electron chi connectivity index (χ3n) is 3.87. The highest BCUT2D eigenvalue weighted by atomic mass is 32.2. The maximum atomic E-state index is 13.1. The van der Waals surface area contributed by atoms with Crippen LogP contribution in [0.3, 0.4) is 0 Å². The molecule has 1 aliphatic rings. The fourth-order valence-electron chi connectivity index (χ4n) is 2.85. The highest BCUT2D eigenvalue weighted by Crippen LogP contribution is 2.37. The fraction of sp³-hybridized carbons (Fsp3) is 0.600. The van der Waals surface area contributed by atoms with Gasteiger partial charge in [-0.3, -0.25) is 9.08 Å². The second kappa shape index (κ2) is 7.63. The van der Waals surface area contributed by atoms with E-state index in [0.29, 0.717) is 37.6 Å². The van der Waals surface area contributed by atoms with Crippen molar-refractivity contribution in [2.75, 3.05) is 19.3 Å². The van der Waals surface area contributed by atoms with Gasteiger partial charge in [-0.1, -0.05) is 0 Å². The highest BCUT2D eigenvalue weighted by Gasteiger charge is 2.37. The van der Waals surface area contributed by atoms with E-state index >= 15 is 0 Å². The van der Waals surface area contributed by atoms with Crippen LogP contribution in [0.1, 0.15) is 29.5 Å². The van der Waals surface area contributed by atoms with Crippen LogP contribution in [0.5, 0.6) is 0 Å². The zero-order valence-electron chi connectivity index (χ0n) is 13.3. The Balaban J connectivity index is 2.25. The molecule has 3 nitrogen and oxygen atoms in total. The second-order valence-electron chi connectivity index (χ2n) is 5.86. The Morgan fingerprint density at radius 2 is 1.88 bits per heavy atom. The summed E-state index contributed by atoms with van der Waals surface area (Å²) >= 11 is -1.51. The van der Waals surface area contributed by atoms with Crippen LogP contribution in [0.4, 0.5) is 26.3 Å². The molecule has 1 aromatic rings. The molecule has 142 valence electrons. The Kier molecular flexibility index (Phi) is 6.16. The van der Waals surface area contributed by atoms with E-state index in [9.17, 15) is 30.6 Å². The summed E-state index contributed by atoms with van der Waals surface area (Å²) in [6.45, 7) is 0.367. The minimum Gasteiger partial charge on any atom is -0.296 e. The molecule has 2 atom stereocenters. The van der Waals surface area contributed by atoms with Crippen molar-refractivity contribution in [3.63, 3.8) is 0 Å². The van der Waals surface area contributed by atoms with Gasteiger partial charge >= 0.3 is 12.4 Å². The maximum absolute atomic E-state index is 13.1. The van der Waals surface area contributed by atoms with Gasteiger partial charge in [0.1, 0.15) is 0 Å². The summed E-state index contributed by atoms with van der Waals surface area (Å²) in [7, 11) is 0. The van der Waals surface area contributed by atoms with E-state index in [1.807, 2.05) is 0 Å². The summed E-state index contributed by atoms with van der Waals surface area (Å²) in [4.78, 5) is 1.59. The first kappa shape index (κ1) is 20.2. The topological polar surface area (TPSA) is 29.5 Å². The Morgan fingerprint density at radius 1 is 1.20 bits per heavy atom. The smallest absolute Gasteiger partial charge is 0.296 e. The molecule has 1 heterocycles. The van der Waals surface area contributed by atoms with Crippen molar-refractivity contribution in [2.45, 2.75) is 37.8 Å². The Bertz CT molecular complexity index is 631. The van der Waals surface area contributed by atoms with E-state index in [2.05, 4.69) is 0 Å². The summed E-state index contributed by atoms with van der Waals surface area (Å²) in [5.74, 6) is 0. The zero-order valence-corrected chi connectivity index (χ0v) is 14.1. The van der Waals surface area contributed by atoms with Gasteiger partial charge in [-0.2, -0.15) is 26.3 Å². The van der Waals surface area contributed by atoms with E-state index in [1.165, 1.54) is 6.26 Å². The third-order valence-corrected chi connectivity index (χ3v) is 4.41. The van der Waals surface area contributed by atoms with E-state index in [4.69, 9.17) is 4.18 Å². The van der Waals surface area contributed by atoms with Crippen LogP contribution in [0.25, 0.3) is 0 Å². The molecule has 1 aliphatic heterocycles. The molecule has 0 spiro atoms. The number of hydrogen-bond donors (Lipinski definition) is 0. The van der Waals surface area contributed by atoms with Crippen molar-refractivity contribution < 1.29 is 34.7 Å². The van der Waals surface area contributed by atoms with Crippen LogP contribution in [0.15, 0.2) is 18.2 Å². The minimum absolute atomic E-state index is 0.215. The predicted octanol–water partition coefficient (Wildman–Crippen LogP) is 4.00. The monoisotopic (exact) mass is 389 g/mol. The molecular weight excluding hydrogens is 372 g/mol. The first-order valence-electron chi connectivity index (χ1n) is 7.47. The molecular formula is C15H17F6NO2S. The quantitative estimate of drug-likeness (QED) is 0.729. The lowest BCUT2D eigenvalue weighted by Gasteiger charge is -2.32. The summed E-state index contributed by atoms with van der Waals surface area (Å²) in [5.41, 5.74) is -2.63. The van der Waals surface area contributed by atoms with Crippen molar-refractivity contribution in [3.05, 3.63) is 34.9 Å². The van der Waals surface area contributed by atoms with Crippen molar-refractivity contribution in [3.8, 4) is 0 Å². The standard InChI is InChI=1S/C15H17F6NO2S/c1-25(23)24-12-3-2-6-22(9-12)8-10-7-11(14(16,17)18)4-5-13(10)15(19,20)21/h4-5,7,12H,2-3,6,8-9H2,1H3/t12-,25?/m1/s1. The first-order chi connectivity index (χ1) is 11.5. The molecule has 1 saturated heterocycles. The van der Waals surface area contributed by atoms with Gasteiger partial charge in [0.2, 0.25) is 0 Å². The molecule has 1 fully saturated rings. The molecule has 25 heavy (non-hydrogen) atoms. The Hall–Kier alpha value is -1.13. The van der Waals surface area contributed by atoms with Crippen molar-refractivity contribution >= 4 is 11.1 Å². The van der Waals surface area contributed by atoms with Gasteiger partial charge in [-0.15, -0.1) is 0 Å². The van der Waals surface area contributed by atoms with Gasteiger partial charge in [0.15, 0.2) is 11.1 Å². The lowest BCUT2D eigenvalue weighted by atomic mass is 10.0. The Morgan fingerprint density at radius 3 is 2.44 bits per heavy atom. The van der Waals surface area contributed by atoms with Gasteiger partial charge in [0.25, 0.3) is 0 Å². The molecule has 10 heteroatoms. The fourth-order valence-corrected chi connectivity index (χ4v) is 3.39. The lowest BCUT2D eigenvalue weighted by Crippen LogP contribution is -2.39. The van der Waals surface area contributed by atoms with Crippen LogP contribution in [0.2, 0.25) is 0 Å². The number of piperidine rings is 1. The predicted molar refractivity (Wildman–Crippen MR) is 79.9 cm³/mol. The molecule has 0 saturated carbocycles. The molecule has 0 bridgehead atoms. The van der Waals surface area contributed by atoms with E-state index in [0.717, 1.165) is 0 Å². The van der Waals surface area contributed by atoms with E-state index in [-0.39, 0.29) is 13.1 Å². The van der Waals surface area contributed by atoms with E-state index in [1.54, 1.807) is 4.90 Å². The van der Waals surface area contributed by atoms with Crippen LogP contribution < -0.4 is 0 Å². The summed E-state index contributed by atoms with van der Waals surface area (Å²) < 4.78 is 94.1. The number of halogens is 6. The average molecular weight is 389 g/mol. The zero-order chi connectivity index (χ0) is 18.8. The van der Waals surface area contributed by atoms with Gasteiger partial charge in [0, 0.05) is 19.3 Å². The molecule has 0 N–H and O–H groups in total. The molecule has 0 amide bonds. The SMILES string of the molecule is CS(=O)O[C@@H]1CCCN(Cc2cc(C(F)(F)F)ccc2C(F)(F)F)C1. The summed E-state index contributed by atoms with van der Waals surface area (Å²) in [6.07, 6.45) is -7.33. The van der Waals surface area contributed by atoms with Crippen molar-refractivity contribution in [1.29, 1.82) is 0 Å². The van der Waals surface area contributed by atoms with E-state index < -0.39 is 46.2 Å².